The van der Waals surface area contributed by atoms with Crippen molar-refractivity contribution in [2.24, 2.45) is 17.8 Å². The topological polar surface area (TPSA) is 144 Å². The quantitative estimate of drug-likeness (QED) is 0.121. The lowest BCUT2D eigenvalue weighted by atomic mass is 9.53. The van der Waals surface area contributed by atoms with Gasteiger partial charge in [0.25, 0.3) is 0 Å². The van der Waals surface area contributed by atoms with Crippen molar-refractivity contribution in [1.82, 2.24) is 0 Å². The highest BCUT2D eigenvalue weighted by Crippen LogP contribution is 2.73. The number of rotatable bonds is 9. The first-order chi connectivity index (χ1) is 19.8. The second kappa shape index (κ2) is 9.66. The van der Waals surface area contributed by atoms with Crippen LogP contribution >= 0.6 is 0 Å². The zero-order chi connectivity index (χ0) is 30.5. The Hall–Kier alpha value is -2.18. The van der Waals surface area contributed by atoms with Gasteiger partial charge in [0, 0.05) is 30.8 Å². The summed E-state index contributed by atoms with van der Waals surface area (Å²) in [6.45, 7) is 12.2. The predicted octanol–water partition coefficient (Wildman–Crippen LogP) is 2.41. The first kappa shape index (κ1) is 29.9. The average Bonchev–Trinajstić information content (AvgIpc) is 3.57. The number of allylic oxidation sites excluding steroid dienone is 3. The Bertz CT molecular complexity index is 1290. The third-order valence-corrected chi connectivity index (χ3v) is 10.6. The number of aliphatic hydroxyl groups excluding tert-OH is 2. The monoisotopic (exact) mass is 586 g/mol. The second-order valence-electron chi connectivity index (χ2n) is 12.9. The number of epoxide rings is 1. The van der Waals surface area contributed by atoms with E-state index in [-0.39, 0.29) is 5.57 Å². The molecule has 230 valence electrons. The van der Waals surface area contributed by atoms with Gasteiger partial charge in [-0.3, -0.25) is 9.59 Å². The van der Waals surface area contributed by atoms with Gasteiger partial charge in [0.15, 0.2) is 17.0 Å². The molecule has 5 fully saturated rings. The van der Waals surface area contributed by atoms with Gasteiger partial charge in [-0.05, 0) is 37.8 Å². The minimum atomic E-state index is -2.38. The van der Waals surface area contributed by atoms with Gasteiger partial charge in [0.1, 0.15) is 30.0 Å². The molecule has 12 atom stereocenters. The molecule has 3 aliphatic heterocycles. The van der Waals surface area contributed by atoms with E-state index in [0.717, 1.165) is 25.7 Å². The maximum Gasteiger partial charge on any atom is 0.307 e. The summed E-state index contributed by atoms with van der Waals surface area (Å²) in [7, 11) is 0. The number of aliphatic hydroxyl groups is 3. The average molecular weight is 587 g/mol. The fraction of sp³-hybridized carbons (Fsp3) is 0.688. The van der Waals surface area contributed by atoms with Crippen molar-refractivity contribution < 1.29 is 48.6 Å². The minimum Gasteiger partial charge on any atom is -0.459 e. The predicted molar refractivity (Wildman–Crippen MR) is 149 cm³/mol. The number of carbonyl (C=O) groups is 2. The zero-order valence-corrected chi connectivity index (χ0v) is 24.9. The van der Waals surface area contributed by atoms with Crippen LogP contribution in [0.5, 0.6) is 0 Å². The van der Waals surface area contributed by atoms with E-state index in [1.54, 1.807) is 32.1 Å². The van der Waals surface area contributed by atoms with Gasteiger partial charge in [0.2, 0.25) is 0 Å². The Kier molecular flexibility index (Phi) is 6.87. The number of carbonyl (C=O) groups excluding carboxylic acids is 2. The van der Waals surface area contributed by atoms with Crippen molar-refractivity contribution in [2.45, 2.75) is 113 Å². The summed E-state index contributed by atoms with van der Waals surface area (Å²) in [5.41, 5.74) is -6.12. The number of ether oxygens (including phenoxy) is 5. The number of hydrogen-bond acceptors (Lipinski definition) is 10. The van der Waals surface area contributed by atoms with E-state index in [9.17, 15) is 24.9 Å². The lowest BCUT2D eigenvalue weighted by molar-refractivity contribution is -0.407. The molecule has 3 saturated heterocycles. The molecule has 0 spiro atoms. The smallest absolute Gasteiger partial charge is 0.307 e. The van der Waals surface area contributed by atoms with Crippen LogP contribution < -0.4 is 0 Å². The highest BCUT2D eigenvalue weighted by Gasteiger charge is 2.90. The van der Waals surface area contributed by atoms with E-state index in [0.29, 0.717) is 5.57 Å². The molecule has 0 unspecified atom stereocenters. The molecule has 0 aromatic carbocycles. The number of Topliss-reactive ketones (excluding diaryl/α,β-unsaturated/α-hetero) is 1. The third-order valence-electron chi connectivity index (χ3n) is 10.6. The van der Waals surface area contributed by atoms with Crippen LogP contribution in [0.3, 0.4) is 0 Å². The SMILES string of the molecule is C=C(C)[C@@]12O[C@@]3(C=C/C=C/CCCCC)O[C@H]1[C@@H]1[C@H]4O[C@]4(CO)[C@@H](O)[C@@]4(O)C(=O)C(C)=C[C@@H]4[C@]1(O3)[C@H](C)[C@@H]2OC(C)=O. The molecule has 0 aromatic heterocycles. The molecule has 3 N–H and O–H groups in total. The molecule has 0 radical (unpaired) electrons. The van der Waals surface area contributed by atoms with Gasteiger partial charge in [0.05, 0.1) is 12.2 Å². The Labute approximate surface area is 246 Å². The molecule has 3 aliphatic carbocycles. The lowest BCUT2D eigenvalue weighted by Crippen LogP contribution is -2.76. The molecule has 6 aliphatic rings. The first-order valence-electron chi connectivity index (χ1n) is 15.0. The molecular weight excluding hydrogens is 544 g/mol. The molecule has 3 heterocycles. The van der Waals surface area contributed by atoms with Gasteiger partial charge in [-0.15, -0.1) is 0 Å². The van der Waals surface area contributed by atoms with E-state index >= 15 is 0 Å². The van der Waals surface area contributed by atoms with Crippen LogP contribution in [0.25, 0.3) is 0 Å². The zero-order valence-electron chi connectivity index (χ0n) is 24.9. The van der Waals surface area contributed by atoms with Crippen molar-refractivity contribution in [1.29, 1.82) is 0 Å². The van der Waals surface area contributed by atoms with E-state index in [1.807, 2.05) is 19.1 Å². The highest BCUT2D eigenvalue weighted by atomic mass is 16.9. The van der Waals surface area contributed by atoms with Crippen molar-refractivity contribution in [3.05, 3.63) is 48.1 Å². The number of fused-ring (bicyclic) bond motifs is 3. The van der Waals surface area contributed by atoms with Crippen LogP contribution in [0.15, 0.2) is 48.1 Å². The Balaban J connectivity index is 1.55. The normalized spacial score (nSPS) is 50.0. The standard InChI is InChI=1S/C32H42O10/c1-7-8-9-10-11-12-13-14-29-40-26-22-25-28(16-33,39-25)27(36)30(37)21(15-18(4)23(30)35)32(22,42-29)19(5)24(38-20(6)34)31(26,41-29)17(2)3/h11-15,19,21-22,24-27,33,36-37H,2,7-10,16H2,1,3-6H3/b12-11+,14-13?/t19-,21+,22+,24+,25-,26+,27-,28+,29-,30+,31+,32-/m1/s1. The molecule has 3 bridgehead atoms. The van der Waals surface area contributed by atoms with Crippen molar-refractivity contribution >= 4 is 11.8 Å². The van der Waals surface area contributed by atoms with E-state index in [2.05, 4.69) is 13.5 Å². The fourth-order valence-corrected chi connectivity index (χ4v) is 8.66. The molecule has 6 rings (SSSR count). The third kappa shape index (κ3) is 3.51. The fourth-order valence-electron chi connectivity index (χ4n) is 8.66. The van der Waals surface area contributed by atoms with Gasteiger partial charge in [-0.1, -0.05) is 57.6 Å². The van der Waals surface area contributed by atoms with Gasteiger partial charge in [-0.25, -0.2) is 0 Å². The second-order valence-corrected chi connectivity index (χ2v) is 12.9. The van der Waals surface area contributed by atoms with Crippen molar-refractivity contribution in [3.63, 3.8) is 0 Å². The maximum absolute atomic E-state index is 13.7. The van der Waals surface area contributed by atoms with Crippen LogP contribution in [0.2, 0.25) is 0 Å². The summed E-state index contributed by atoms with van der Waals surface area (Å²) in [4.78, 5) is 26.2. The van der Waals surface area contributed by atoms with E-state index in [4.69, 9.17) is 23.7 Å². The Morgan fingerprint density at radius 1 is 1.17 bits per heavy atom. The summed E-state index contributed by atoms with van der Waals surface area (Å²) in [5.74, 6) is -5.58. The molecule has 0 amide bonds. The lowest BCUT2D eigenvalue weighted by Gasteiger charge is -2.61. The number of esters is 1. The molecule has 0 aromatic rings. The first-order valence-corrected chi connectivity index (χ1v) is 15.0. The van der Waals surface area contributed by atoms with Crippen LogP contribution in [0.4, 0.5) is 0 Å². The van der Waals surface area contributed by atoms with Gasteiger partial charge < -0.3 is 39.0 Å². The van der Waals surface area contributed by atoms with Crippen LogP contribution in [0.1, 0.15) is 60.3 Å². The number of hydrogen-bond donors (Lipinski definition) is 3. The van der Waals surface area contributed by atoms with Crippen LogP contribution in [0, 0.1) is 17.8 Å². The molecule has 10 heteroatoms. The largest absolute Gasteiger partial charge is 0.459 e. The number of unbranched alkanes of at least 4 members (excludes halogenated alkanes) is 3. The molecule has 10 nitrogen and oxygen atoms in total. The Morgan fingerprint density at radius 3 is 2.55 bits per heavy atom. The van der Waals surface area contributed by atoms with Gasteiger partial charge >= 0.3 is 11.9 Å². The van der Waals surface area contributed by atoms with Crippen molar-refractivity contribution in [2.75, 3.05) is 6.61 Å². The summed E-state index contributed by atoms with van der Waals surface area (Å²) in [6.07, 6.45) is 8.71. The summed E-state index contributed by atoms with van der Waals surface area (Å²) in [6, 6.07) is 0. The summed E-state index contributed by atoms with van der Waals surface area (Å²) in [5, 5.41) is 34.4. The van der Waals surface area contributed by atoms with E-state index < -0.39 is 88.9 Å². The molecular formula is C32H42O10. The number of ketones is 1. The van der Waals surface area contributed by atoms with Crippen molar-refractivity contribution in [3.8, 4) is 0 Å². The minimum absolute atomic E-state index is 0.248. The van der Waals surface area contributed by atoms with Crippen LogP contribution in [-0.4, -0.2) is 86.5 Å². The molecule has 2 saturated carbocycles. The summed E-state index contributed by atoms with van der Waals surface area (Å²) < 4.78 is 32.4. The molecule has 42 heavy (non-hydrogen) atoms. The van der Waals surface area contributed by atoms with Gasteiger partial charge in [-0.2, -0.15) is 0 Å². The summed E-state index contributed by atoms with van der Waals surface area (Å²) >= 11 is 0. The van der Waals surface area contributed by atoms with E-state index in [1.165, 1.54) is 6.92 Å². The Morgan fingerprint density at radius 2 is 1.90 bits per heavy atom. The maximum atomic E-state index is 13.7. The van der Waals surface area contributed by atoms with Crippen LogP contribution in [-0.2, 0) is 33.3 Å². The highest BCUT2D eigenvalue weighted by molar-refractivity contribution is 6.05.